The van der Waals surface area contributed by atoms with Gasteiger partial charge in [0.25, 0.3) is 5.91 Å². The fourth-order valence-electron chi connectivity index (χ4n) is 2.69. The van der Waals surface area contributed by atoms with Gasteiger partial charge in [0.2, 0.25) is 5.95 Å². The Labute approximate surface area is 145 Å². The molecule has 2 aromatic rings. The summed E-state index contributed by atoms with van der Waals surface area (Å²) in [5.41, 5.74) is 0.545. The third-order valence-electron chi connectivity index (χ3n) is 3.91. The van der Waals surface area contributed by atoms with Gasteiger partial charge < -0.3 is 19.7 Å². The van der Waals surface area contributed by atoms with Gasteiger partial charge in [0, 0.05) is 31.5 Å². The maximum absolute atomic E-state index is 12.3. The maximum atomic E-state index is 12.3. The zero-order valence-electron chi connectivity index (χ0n) is 14.2. The van der Waals surface area contributed by atoms with Crippen molar-refractivity contribution >= 4 is 11.9 Å². The number of piperidine rings is 1. The van der Waals surface area contributed by atoms with Crippen molar-refractivity contribution in [2.24, 2.45) is 0 Å². The molecule has 0 bridgehead atoms. The Hall–Kier alpha value is -2.97. The number of anilines is 1. The van der Waals surface area contributed by atoms with Crippen LogP contribution in [0.25, 0.3) is 0 Å². The zero-order chi connectivity index (χ0) is 17.6. The van der Waals surface area contributed by atoms with Gasteiger partial charge in [0.15, 0.2) is 0 Å². The van der Waals surface area contributed by atoms with E-state index >= 15 is 0 Å². The molecule has 1 fully saturated rings. The van der Waals surface area contributed by atoms with Gasteiger partial charge in [-0.05, 0) is 25.0 Å². The van der Waals surface area contributed by atoms with Crippen LogP contribution in [0.5, 0.6) is 12.0 Å². The van der Waals surface area contributed by atoms with Crippen LogP contribution in [-0.4, -0.2) is 59.2 Å². The van der Waals surface area contributed by atoms with Crippen molar-refractivity contribution in [1.29, 1.82) is 0 Å². The van der Waals surface area contributed by atoms with E-state index in [9.17, 15) is 4.79 Å². The summed E-state index contributed by atoms with van der Waals surface area (Å²) in [4.78, 5) is 30.8. The van der Waals surface area contributed by atoms with Crippen LogP contribution in [0.3, 0.4) is 0 Å². The quantitative estimate of drug-likeness (QED) is 0.845. The van der Waals surface area contributed by atoms with Crippen molar-refractivity contribution in [3.8, 4) is 12.0 Å². The van der Waals surface area contributed by atoms with E-state index in [4.69, 9.17) is 9.47 Å². The Morgan fingerprint density at radius 3 is 2.64 bits per heavy atom. The molecule has 25 heavy (non-hydrogen) atoms. The fraction of sp³-hybridized carbons (Fsp3) is 0.438. The molecule has 0 spiro atoms. The molecule has 9 nitrogen and oxygen atoms in total. The average molecular weight is 344 g/mol. The van der Waals surface area contributed by atoms with Crippen LogP contribution in [0.15, 0.2) is 24.5 Å². The molecule has 1 aliphatic rings. The number of carbonyl (C=O) groups is 1. The van der Waals surface area contributed by atoms with Crippen LogP contribution in [0.1, 0.15) is 23.2 Å². The smallest absolute Gasteiger partial charge is 0.324 e. The van der Waals surface area contributed by atoms with E-state index < -0.39 is 0 Å². The molecule has 3 rings (SSSR count). The molecule has 9 heteroatoms. The van der Waals surface area contributed by atoms with E-state index in [1.807, 2.05) is 4.90 Å². The van der Waals surface area contributed by atoms with Crippen LogP contribution in [0.4, 0.5) is 5.95 Å². The molecule has 1 N–H and O–H groups in total. The largest absolute Gasteiger partial charge is 0.467 e. The van der Waals surface area contributed by atoms with Gasteiger partial charge in [-0.15, -0.1) is 4.98 Å². The topological polar surface area (TPSA) is 102 Å². The number of ether oxygens (including phenoxy) is 2. The Morgan fingerprint density at radius 1 is 1.24 bits per heavy atom. The van der Waals surface area contributed by atoms with Crippen LogP contribution in [-0.2, 0) is 0 Å². The standard InChI is InChI=1S/C16H20N6O3/c1-24-15-19-14(20-16(21-15)25-2)22-8-4-6-12(10-22)18-13(23)11-5-3-7-17-9-11/h3,5,7,9,12H,4,6,8,10H2,1-2H3,(H,18,23). The van der Waals surface area contributed by atoms with E-state index in [-0.39, 0.29) is 24.0 Å². The maximum Gasteiger partial charge on any atom is 0.324 e. The Bertz CT molecular complexity index is 705. The van der Waals surface area contributed by atoms with Crippen molar-refractivity contribution in [2.45, 2.75) is 18.9 Å². The molecular weight excluding hydrogens is 324 g/mol. The normalized spacial score (nSPS) is 17.0. The number of amides is 1. The third-order valence-corrected chi connectivity index (χ3v) is 3.91. The minimum atomic E-state index is -0.134. The summed E-state index contributed by atoms with van der Waals surface area (Å²) in [6.45, 7) is 1.39. The summed E-state index contributed by atoms with van der Waals surface area (Å²) in [5.74, 6) is 0.342. The van der Waals surface area contributed by atoms with Crippen LogP contribution < -0.4 is 19.7 Å². The summed E-state index contributed by atoms with van der Waals surface area (Å²) in [6, 6.07) is 3.87. The molecule has 0 aliphatic carbocycles. The fourth-order valence-corrected chi connectivity index (χ4v) is 2.69. The Morgan fingerprint density at radius 2 is 2.00 bits per heavy atom. The van der Waals surface area contributed by atoms with E-state index in [0.29, 0.717) is 18.1 Å². The minimum Gasteiger partial charge on any atom is -0.467 e. The third kappa shape index (κ3) is 4.11. The van der Waals surface area contributed by atoms with Crippen molar-refractivity contribution < 1.29 is 14.3 Å². The molecule has 0 radical (unpaired) electrons. The predicted octanol–water partition coefficient (Wildman–Crippen LogP) is 0.683. The van der Waals surface area contributed by atoms with Crippen LogP contribution in [0.2, 0.25) is 0 Å². The highest BCUT2D eigenvalue weighted by atomic mass is 16.5. The summed E-state index contributed by atoms with van der Waals surface area (Å²) in [5, 5.41) is 3.04. The van der Waals surface area contributed by atoms with Gasteiger partial charge in [-0.2, -0.15) is 9.97 Å². The predicted molar refractivity (Wildman–Crippen MR) is 89.9 cm³/mol. The SMILES string of the molecule is COc1nc(OC)nc(N2CCCC(NC(=O)c3cccnc3)C2)n1. The number of aromatic nitrogens is 4. The van der Waals surface area contributed by atoms with Gasteiger partial charge in [-0.3, -0.25) is 9.78 Å². The summed E-state index contributed by atoms with van der Waals surface area (Å²) >= 11 is 0. The Kier molecular flexibility index (Phi) is 5.22. The van der Waals surface area contributed by atoms with Gasteiger partial charge in [-0.1, -0.05) is 0 Å². The van der Waals surface area contributed by atoms with Gasteiger partial charge in [-0.25, -0.2) is 0 Å². The first kappa shape index (κ1) is 16.9. The number of hydrogen-bond acceptors (Lipinski definition) is 8. The second kappa shape index (κ2) is 7.73. The lowest BCUT2D eigenvalue weighted by Gasteiger charge is -2.33. The van der Waals surface area contributed by atoms with Crippen LogP contribution in [0, 0.1) is 0 Å². The van der Waals surface area contributed by atoms with Gasteiger partial charge in [0.1, 0.15) is 0 Å². The molecule has 0 saturated carbocycles. The number of pyridine rings is 1. The second-order valence-electron chi connectivity index (χ2n) is 5.61. The van der Waals surface area contributed by atoms with Gasteiger partial charge in [0.05, 0.1) is 19.8 Å². The number of nitrogens with one attached hydrogen (secondary N) is 1. The van der Waals surface area contributed by atoms with E-state index in [0.717, 1.165) is 19.4 Å². The van der Waals surface area contributed by atoms with Crippen molar-refractivity contribution in [1.82, 2.24) is 25.3 Å². The molecule has 1 unspecified atom stereocenters. The van der Waals surface area contributed by atoms with E-state index in [2.05, 4.69) is 25.3 Å². The first-order valence-corrected chi connectivity index (χ1v) is 7.99. The number of rotatable bonds is 5. The van der Waals surface area contributed by atoms with E-state index in [1.54, 1.807) is 24.5 Å². The average Bonchev–Trinajstić information content (AvgIpc) is 2.68. The molecule has 1 aliphatic heterocycles. The molecule has 132 valence electrons. The highest BCUT2D eigenvalue weighted by molar-refractivity contribution is 5.94. The molecule has 1 atom stereocenters. The first-order chi connectivity index (χ1) is 12.2. The molecule has 1 amide bonds. The number of hydrogen-bond donors (Lipinski definition) is 1. The molecule has 1 saturated heterocycles. The Balaban J connectivity index is 1.70. The lowest BCUT2D eigenvalue weighted by atomic mass is 10.1. The number of nitrogens with zero attached hydrogens (tertiary/aromatic N) is 5. The molecular formula is C16H20N6O3. The minimum absolute atomic E-state index is 0.00443. The van der Waals surface area contributed by atoms with Crippen LogP contribution >= 0.6 is 0 Å². The summed E-state index contributed by atoms with van der Waals surface area (Å²) < 4.78 is 10.2. The summed E-state index contributed by atoms with van der Waals surface area (Å²) in [7, 11) is 2.98. The van der Waals surface area contributed by atoms with Crippen molar-refractivity contribution in [3.05, 3.63) is 30.1 Å². The second-order valence-corrected chi connectivity index (χ2v) is 5.61. The monoisotopic (exact) mass is 344 g/mol. The lowest BCUT2D eigenvalue weighted by Crippen LogP contribution is -2.48. The van der Waals surface area contributed by atoms with E-state index in [1.165, 1.54) is 14.2 Å². The molecule has 2 aromatic heterocycles. The number of carbonyl (C=O) groups excluding carboxylic acids is 1. The molecule has 3 heterocycles. The zero-order valence-corrected chi connectivity index (χ0v) is 14.2. The summed E-state index contributed by atoms with van der Waals surface area (Å²) in [6.07, 6.45) is 4.99. The van der Waals surface area contributed by atoms with Gasteiger partial charge >= 0.3 is 12.0 Å². The number of methoxy groups -OCH3 is 2. The van der Waals surface area contributed by atoms with Crippen molar-refractivity contribution in [3.63, 3.8) is 0 Å². The lowest BCUT2D eigenvalue weighted by molar-refractivity contribution is 0.0932. The first-order valence-electron chi connectivity index (χ1n) is 7.99. The highest BCUT2D eigenvalue weighted by Crippen LogP contribution is 2.20. The molecule has 0 aromatic carbocycles. The van der Waals surface area contributed by atoms with Crippen molar-refractivity contribution in [2.75, 3.05) is 32.2 Å². The highest BCUT2D eigenvalue weighted by Gasteiger charge is 2.24.